The van der Waals surface area contributed by atoms with Crippen LogP contribution in [-0.4, -0.2) is 13.1 Å². The average Bonchev–Trinajstić information content (AvgIpc) is 2.34. The van der Waals surface area contributed by atoms with Gasteiger partial charge < -0.3 is 4.74 Å². The first-order valence-electron chi connectivity index (χ1n) is 4.63. The molecule has 0 N–H and O–H groups in total. The van der Waals surface area contributed by atoms with E-state index in [4.69, 9.17) is 16.9 Å². The third kappa shape index (κ3) is 2.74. The number of rotatable bonds is 2. The first-order valence-corrected chi connectivity index (χ1v) is 5.17. The number of nitrogens with zero attached hydrogens (tertiary/aromatic N) is 1. The van der Waals surface area contributed by atoms with Gasteiger partial charge >= 0.3 is 12.1 Å². The Balaban J connectivity index is 3.55. The zero-order valence-corrected chi connectivity index (χ0v) is 9.89. The number of carbonyl (C=O) groups excluding carboxylic acids is 1. The Morgan fingerprint density at radius 3 is 2.50 bits per heavy atom. The summed E-state index contributed by atoms with van der Waals surface area (Å²) in [6.07, 6.45) is -4.61. The molecule has 0 bridgehead atoms. The van der Waals surface area contributed by atoms with Crippen molar-refractivity contribution in [1.29, 1.82) is 5.26 Å². The Bertz CT molecular complexity index is 520. The molecule has 1 aromatic carbocycles. The van der Waals surface area contributed by atoms with Gasteiger partial charge in [-0.3, -0.25) is 0 Å². The minimum absolute atomic E-state index is 0.0881. The Hall–Kier alpha value is -1.74. The molecule has 0 aliphatic rings. The predicted octanol–water partition coefficient (Wildman–Crippen LogP) is 3.10. The second kappa shape index (κ2) is 5.27. The third-order valence-electron chi connectivity index (χ3n) is 2.20. The lowest BCUT2D eigenvalue weighted by molar-refractivity contribution is -0.137. The molecule has 18 heavy (non-hydrogen) atoms. The van der Waals surface area contributed by atoms with Crippen LogP contribution in [0.5, 0.6) is 0 Å². The summed E-state index contributed by atoms with van der Waals surface area (Å²) >= 11 is 5.50. The molecule has 0 aliphatic heterocycles. The van der Waals surface area contributed by atoms with Crippen LogP contribution < -0.4 is 0 Å². The minimum atomic E-state index is -4.61. The van der Waals surface area contributed by atoms with Crippen LogP contribution in [0.3, 0.4) is 0 Å². The van der Waals surface area contributed by atoms with Crippen molar-refractivity contribution in [3.63, 3.8) is 0 Å². The fraction of sp³-hybridized carbons (Fsp3) is 0.273. The Kier molecular flexibility index (Phi) is 4.19. The number of hydrogen-bond acceptors (Lipinski definition) is 3. The number of methoxy groups -OCH3 is 1. The van der Waals surface area contributed by atoms with Crippen LogP contribution in [0, 0.1) is 11.3 Å². The van der Waals surface area contributed by atoms with Gasteiger partial charge in [-0.15, -0.1) is 11.6 Å². The van der Waals surface area contributed by atoms with Crippen LogP contribution >= 0.6 is 11.6 Å². The van der Waals surface area contributed by atoms with E-state index in [0.717, 1.165) is 13.2 Å². The Morgan fingerprint density at radius 2 is 2.11 bits per heavy atom. The molecule has 0 saturated carbocycles. The van der Waals surface area contributed by atoms with Gasteiger partial charge in [0.2, 0.25) is 0 Å². The zero-order valence-electron chi connectivity index (χ0n) is 9.14. The summed E-state index contributed by atoms with van der Waals surface area (Å²) in [5.74, 6) is -1.22. The Morgan fingerprint density at radius 1 is 1.50 bits per heavy atom. The maximum Gasteiger partial charge on any atom is 0.416 e. The molecule has 0 fully saturated rings. The van der Waals surface area contributed by atoms with Crippen molar-refractivity contribution >= 4 is 17.6 Å². The summed E-state index contributed by atoms with van der Waals surface area (Å²) in [6, 6.07) is 2.87. The van der Waals surface area contributed by atoms with Gasteiger partial charge in [-0.05, 0) is 17.7 Å². The van der Waals surface area contributed by atoms with E-state index in [1.807, 2.05) is 0 Å². The van der Waals surface area contributed by atoms with Crippen molar-refractivity contribution in [1.82, 2.24) is 0 Å². The van der Waals surface area contributed by atoms with Crippen LogP contribution in [0.1, 0.15) is 27.0 Å². The van der Waals surface area contributed by atoms with Gasteiger partial charge in [-0.25, -0.2) is 4.79 Å². The van der Waals surface area contributed by atoms with E-state index < -0.39 is 23.3 Å². The zero-order chi connectivity index (χ0) is 13.9. The maximum atomic E-state index is 12.6. The molecule has 0 atom stereocenters. The summed E-state index contributed by atoms with van der Waals surface area (Å²) < 4.78 is 42.1. The molecule has 0 saturated heterocycles. The quantitative estimate of drug-likeness (QED) is 0.616. The highest BCUT2D eigenvalue weighted by atomic mass is 35.5. The average molecular weight is 278 g/mol. The number of hydrogen-bond donors (Lipinski definition) is 0. The monoisotopic (exact) mass is 277 g/mol. The van der Waals surface area contributed by atoms with Crippen molar-refractivity contribution in [3.8, 4) is 6.07 Å². The van der Waals surface area contributed by atoms with Gasteiger partial charge in [0.05, 0.1) is 23.8 Å². The van der Waals surface area contributed by atoms with E-state index in [1.165, 1.54) is 6.07 Å². The fourth-order valence-electron chi connectivity index (χ4n) is 1.40. The summed E-state index contributed by atoms with van der Waals surface area (Å²) in [5, 5.41) is 8.80. The molecule has 0 unspecified atom stereocenters. The molecule has 1 aromatic rings. The molecule has 0 spiro atoms. The van der Waals surface area contributed by atoms with Crippen molar-refractivity contribution < 1.29 is 22.7 Å². The second-order valence-electron chi connectivity index (χ2n) is 3.29. The minimum Gasteiger partial charge on any atom is -0.465 e. The smallest absolute Gasteiger partial charge is 0.416 e. The van der Waals surface area contributed by atoms with Gasteiger partial charge in [-0.2, -0.15) is 18.4 Å². The first-order chi connectivity index (χ1) is 8.35. The van der Waals surface area contributed by atoms with Crippen molar-refractivity contribution in [2.24, 2.45) is 0 Å². The number of esters is 1. The largest absolute Gasteiger partial charge is 0.465 e. The number of alkyl halides is 4. The van der Waals surface area contributed by atoms with Crippen LogP contribution in [0.15, 0.2) is 12.1 Å². The molecule has 96 valence electrons. The van der Waals surface area contributed by atoms with E-state index in [0.29, 0.717) is 6.07 Å². The summed E-state index contributed by atoms with van der Waals surface area (Å²) in [6.45, 7) is 0. The maximum absolute atomic E-state index is 12.6. The van der Waals surface area contributed by atoms with Crippen molar-refractivity contribution in [3.05, 3.63) is 34.4 Å². The molecule has 7 heteroatoms. The number of ether oxygens (including phenoxy) is 1. The highest BCUT2D eigenvalue weighted by Gasteiger charge is 2.33. The molecular formula is C11H7ClF3NO2. The fourth-order valence-corrected chi connectivity index (χ4v) is 1.61. The second-order valence-corrected chi connectivity index (χ2v) is 3.56. The van der Waals surface area contributed by atoms with Crippen LogP contribution in [-0.2, 0) is 16.8 Å². The first kappa shape index (κ1) is 14.3. The van der Waals surface area contributed by atoms with Gasteiger partial charge in [0.25, 0.3) is 0 Å². The molecule has 0 aromatic heterocycles. The van der Waals surface area contributed by atoms with Gasteiger partial charge in [0.15, 0.2) is 0 Å². The van der Waals surface area contributed by atoms with Gasteiger partial charge in [0.1, 0.15) is 6.07 Å². The van der Waals surface area contributed by atoms with E-state index in [-0.39, 0.29) is 17.0 Å². The highest BCUT2D eigenvalue weighted by Crippen LogP contribution is 2.32. The number of halogens is 4. The SMILES string of the molecule is COC(=O)c1c(C#N)cc(C(F)(F)F)cc1CCl. The highest BCUT2D eigenvalue weighted by molar-refractivity contribution is 6.17. The number of benzene rings is 1. The summed E-state index contributed by atoms with van der Waals surface area (Å²) in [5.41, 5.74) is -1.76. The lowest BCUT2D eigenvalue weighted by atomic mass is 9.98. The number of carbonyl (C=O) groups is 1. The van der Waals surface area contributed by atoms with Crippen LogP contribution in [0.25, 0.3) is 0 Å². The van der Waals surface area contributed by atoms with E-state index in [1.54, 1.807) is 0 Å². The van der Waals surface area contributed by atoms with Crippen molar-refractivity contribution in [2.45, 2.75) is 12.1 Å². The normalized spacial score (nSPS) is 10.9. The van der Waals surface area contributed by atoms with E-state index in [9.17, 15) is 18.0 Å². The molecule has 0 heterocycles. The molecule has 0 amide bonds. The lowest BCUT2D eigenvalue weighted by Gasteiger charge is -2.12. The van der Waals surface area contributed by atoms with Crippen LogP contribution in [0.2, 0.25) is 0 Å². The predicted molar refractivity (Wildman–Crippen MR) is 57.1 cm³/mol. The standard InChI is InChI=1S/C11H7ClF3NO2/c1-18-10(17)9-6(4-12)2-8(11(13,14)15)3-7(9)5-16/h2-3H,4H2,1H3. The Labute approximate surface area is 106 Å². The third-order valence-corrected chi connectivity index (χ3v) is 2.49. The van der Waals surface area contributed by atoms with Crippen molar-refractivity contribution in [2.75, 3.05) is 7.11 Å². The molecule has 1 rings (SSSR count). The topological polar surface area (TPSA) is 50.1 Å². The van der Waals surface area contributed by atoms with E-state index in [2.05, 4.69) is 4.74 Å². The van der Waals surface area contributed by atoms with Crippen LogP contribution in [0.4, 0.5) is 13.2 Å². The van der Waals surface area contributed by atoms with Gasteiger partial charge in [-0.1, -0.05) is 0 Å². The lowest BCUT2D eigenvalue weighted by Crippen LogP contribution is -2.12. The van der Waals surface area contributed by atoms with Gasteiger partial charge in [0, 0.05) is 5.88 Å². The molecule has 0 aliphatic carbocycles. The number of nitriles is 1. The molecule has 0 radical (unpaired) electrons. The van der Waals surface area contributed by atoms with E-state index >= 15 is 0 Å². The summed E-state index contributed by atoms with van der Waals surface area (Å²) in [7, 11) is 1.07. The summed E-state index contributed by atoms with van der Waals surface area (Å²) in [4.78, 5) is 11.4. The molecule has 3 nitrogen and oxygen atoms in total. The molecular weight excluding hydrogens is 271 g/mol.